The van der Waals surface area contributed by atoms with Gasteiger partial charge in [0.1, 0.15) is 5.82 Å². The normalized spacial score (nSPS) is 21.3. The second kappa shape index (κ2) is 9.75. The molecule has 0 unspecified atom stereocenters. The quantitative estimate of drug-likeness (QED) is 0.692. The van der Waals surface area contributed by atoms with Gasteiger partial charge in [0.15, 0.2) is 0 Å². The van der Waals surface area contributed by atoms with Gasteiger partial charge in [-0.05, 0) is 64.0 Å². The Morgan fingerprint density at radius 2 is 1.67 bits per heavy atom. The highest BCUT2D eigenvalue weighted by molar-refractivity contribution is 7.89. The number of carbonyl (C=O) groups is 1. The number of likely N-dealkylation sites (N-methyl/N-ethyl adjacent to an activating group) is 1. The lowest BCUT2D eigenvalue weighted by Crippen LogP contribution is -2.53. The number of amides is 1. The first-order valence-corrected chi connectivity index (χ1v) is 12.4. The fourth-order valence-electron chi connectivity index (χ4n) is 4.68. The van der Waals surface area contributed by atoms with Crippen LogP contribution in [0.1, 0.15) is 51.4 Å². The molecule has 0 aromatic heterocycles. The molecule has 168 valence electrons. The van der Waals surface area contributed by atoms with Gasteiger partial charge in [-0.1, -0.05) is 25.7 Å². The molecular formula is C22H34FN3O3S. The summed E-state index contributed by atoms with van der Waals surface area (Å²) in [4.78, 5) is 15.2. The molecular weight excluding hydrogens is 405 g/mol. The summed E-state index contributed by atoms with van der Waals surface area (Å²) >= 11 is 0. The summed E-state index contributed by atoms with van der Waals surface area (Å²) in [5.41, 5.74) is 0.0127. The summed E-state index contributed by atoms with van der Waals surface area (Å²) in [6, 6.07) is 4.89. The molecule has 1 saturated carbocycles. The Kier molecular flexibility index (Phi) is 7.52. The molecule has 6 nitrogen and oxygen atoms in total. The van der Waals surface area contributed by atoms with E-state index in [-0.39, 0.29) is 22.3 Å². The van der Waals surface area contributed by atoms with Crippen molar-refractivity contribution in [1.82, 2.24) is 14.5 Å². The van der Waals surface area contributed by atoms with Crippen molar-refractivity contribution in [2.24, 2.45) is 5.92 Å². The molecule has 1 saturated heterocycles. The van der Waals surface area contributed by atoms with E-state index in [1.807, 2.05) is 0 Å². The third-order valence-electron chi connectivity index (χ3n) is 6.85. The van der Waals surface area contributed by atoms with Crippen LogP contribution in [0.15, 0.2) is 29.2 Å². The Hall–Kier alpha value is -1.51. The van der Waals surface area contributed by atoms with E-state index in [4.69, 9.17) is 0 Å². The minimum Gasteiger partial charge on any atom is -0.354 e. The van der Waals surface area contributed by atoms with E-state index < -0.39 is 15.8 Å². The fraction of sp³-hybridized carbons (Fsp3) is 0.682. The molecule has 2 fully saturated rings. The maximum absolute atomic E-state index is 13.1. The lowest BCUT2D eigenvalue weighted by atomic mass is 9.88. The van der Waals surface area contributed by atoms with Crippen molar-refractivity contribution < 1.29 is 17.6 Å². The van der Waals surface area contributed by atoms with Crippen LogP contribution < -0.4 is 5.32 Å². The Morgan fingerprint density at radius 3 is 2.20 bits per heavy atom. The number of halogens is 1. The van der Waals surface area contributed by atoms with Gasteiger partial charge >= 0.3 is 0 Å². The number of hydrogen-bond donors (Lipinski definition) is 1. The molecule has 0 atom stereocenters. The third kappa shape index (κ3) is 5.21. The highest BCUT2D eigenvalue weighted by Gasteiger charge is 2.36. The van der Waals surface area contributed by atoms with Gasteiger partial charge in [0, 0.05) is 31.1 Å². The second-order valence-corrected chi connectivity index (χ2v) is 10.8. The van der Waals surface area contributed by atoms with Crippen LogP contribution in [-0.4, -0.2) is 62.8 Å². The maximum atomic E-state index is 13.1. The molecule has 0 radical (unpaired) electrons. The van der Waals surface area contributed by atoms with Gasteiger partial charge in [-0.3, -0.25) is 4.79 Å². The van der Waals surface area contributed by atoms with Crippen LogP contribution in [0.4, 0.5) is 4.39 Å². The minimum absolute atomic E-state index is 0.0127. The van der Waals surface area contributed by atoms with Gasteiger partial charge < -0.3 is 10.2 Å². The summed E-state index contributed by atoms with van der Waals surface area (Å²) < 4.78 is 40.0. The number of rotatable bonds is 6. The zero-order valence-electron chi connectivity index (χ0n) is 18.1. The van der Waals surface area contributed by atoms with E-state index in [0.717, 1.165) is 25.0 Å². The van der Waals surface area contributed by atoms with Crippen molar-refractivity contribution in [3.05, 3.63) is 30.1 Å². The Bertz CT molecular complexity index is 811. The monoisotopic (exact) mass is 439 g/mol. The zero-order valence-corrected chi connectivity index (χ0v) is 18.9. The average Bonchev–Trinajstić information content (AvgIpc) is 2.99. The SMILES string of the molecule is CN(C)C1(CNC(=O)C2CCN(S(=O)(=O)c3ccc(F)cc3)CC2)CCCCCC1. The van der Waals surface area contributed by atoms with Gasteiger partial charge in [0.2, 0.25) is 15.9 Å². The van der Waals surface area contributed by atoms with Crippen LogP contribution in [0.5, 0.6) is 0 Å². The van der Waals surface area contributed by atoms with Gasteiger partial charge in [0.25, 0.3) is 0 Å². The number of hydrogen-bond acceptors (Lipinski definition) is 4. The number of nitrogens with one attached hydrogen (secondary N) is 1. The minimum atomic E-state index is -3.65. The Labute approximate surface area is 179 Å². The number of nitrogens with zero attached hydrogens (tertiary/aromatic N) is 2. The van der Waals surface area contributed by atoms with Gasteiger partial charge in [0.05, 0.1) is 4.90 Å². The highest BCUT2D eigenvalue weighted by atomic mass is 32.2. The zero-order chi connectivity index (χ0) is 21.8. The van der Waals surface area contributed by atoms with Crippen molar-refractivity contribution in [3.8, 4) is 0 Å². The van der Waals surface area contributed by atoms with Crippen molar-refractivity contribution in [2.45, 2.75) is 61.8 Å². The first-order chi connectivity index (χ1) is 14.2. The number of piperidine rings is 1. The molecule has 1 aromatic rings. The van der Waals surface area contributed by atoms with Crippen molar-refractivity contribution in [2.75, 3.05) is 33.7 Å². The summed E-state index contributed by atoms with van der Waals surface area (Å²) in [7, 11) is 0.533. The molecule has 3 rings (SSSR count). The van der Waals surface area contributed by atoms with Crippen molar-refractivity contribution in [3.63, 3.8) is 0 Å². The van der Waals surface area contributed by atoms with E-state index in [1.165, 1.54) is 42.1 Å². The molecule has 8 heteroatoms. The molecule has 30 heavy (non-hydrogen) atoms. The first-order valence-electron chi connectivity index (χ1n) is 11.0. The molecule has 0 bridgehead atoms. The van der Waals surface area contributed by atoms with Crippen LogP contribution >= 0.6 is 0 Å². The van der Waals surface area contributed by atoms with E-state index in [0.29, 0.717) is 32.5 Å². The molecule has 1 heterocycles. The molecule has 1 aliphatic carbocycles. The Morgan fingerprint density at radius 1 is 1.10 bits per heavy atom. The lowest BCUT2D eigenvalue weighted by Gasteiger charge is -2.40. The number of carbonyl (C=O) groups excluding carboxylic acids is 1. The average molecular weight is 440 g/mol. The van der Waals surface area contributed by atoms with E-state index >= 15 is 0 Å². The smallest absolute Gasteiger partial charge is 0.243 e. The third-order valence-corrected chi connectivity index (χ3v) is 8.76. The summed E-state index contributed by atoms with van der Waals surface area (Å²) in [6.07, 6.45) is 8.07. The number of sulfonamides is 1. The van der Waals surface area contributed by atoms with Crippen LogP contribution in [-0.2, 0) is 14.8 Å². The van der Waals surface area contributed by atoms with Crippen LogP contribution in [0.25, 0.3) is 0 Å². The number of benzene rings is 1. The lowest BCUT2D eigenvalue weighted by molar-refractivity contribution is -0.126. The summed E-state index contributed by atoms with van der Waals surface area (Å²) in [5, 5.41) is 3.17. The van der Waals surface area contributed by atoms with E-state index in [2.05, 4.69) is 24.3 Å². The topological polar surface area (TPSA) is 69.7 Å². The molecule has 1 aliphatic heterocycles. The molecule has 1 N–H and O–H groups in total. The Balaban J connectivity index is 1.55. The summed E-state index contributed by atoms with van der Waals surface area (Å²) in [6.45, 7) is 1.25. The standard InChI is InChI=1S/C22H34FN3O3S/c1-25(2)22(13-5-3-4-6-14-22)17-24-21(27)18-11-15-26(16-12-18)30(28,29)20-9-7-19(23)8-10-20/h7-10,18H,3-6,11-17H2,1-2H3,(H,24,27). The molecule has 1 amide bonds. The molecule has 0 spiro atoms. The van der Waals surface area contributed by atoms with Crippen molar-refractivity contribution >= 4 is 15.9 Å². The van der Waals surface area contributed by atoms with Crippen LogP contribution in [0, 0.1) is 11.7 Å². The van der Waals surface area contributed by atoms with Gasteiger partial charge in [-0.2, -0.15) is 4.31 Å². The predicted molar refractivity (Wildman–Crippen MR) is 115 cm³/mol. The van der Waals surface area contributed by atoms with Crippen molar-refractivity contribution in [1.29, 1.82) is 0 Å². The second-order valence-electron chi connectivity index (χ2n) is 8.88. The summed E-state index contributed by atoms with van der Waals surface area (Å²) in [5.74, 6) is -0.609. The molecule has 1 aromatic carbocycles. The van der Waals surface area contributed by atoms with Gasteiger partial charge in [-0.15, -0.1) is 0 Å². The fourth-order valence-corrected chi connectivity index (χ4v) is 6.15. The highest BCUT2D eigenvalue weighted by Crippen LogP contribution is 2.31. The van der Waals surface area contributed by atoms with Crippen LogP contribution in [0.2, 0.25) is 0 Å². The van der Waals surface area contributed by atoms with Gasteiger partial charge in [-0.25, -0.2) is 12.8 Å². The maximum Gasteiger partial charge on any atom is 0.243 e. The first kappa shape index (κ1) is 23.2. The predicted octanol–water partition coefficient (Wildman–Crippen LogP) is 3.00. The van der Waals surface area contributed by atoms with E-state index in [9.17, 15) is 17.6 Å². The largest absolute Gasteiger partial charge is 0.354 e. The van der Waals surface area contributed by atoms with E-state index in [1.54, 1.807) is 0 Å². The van der Waals surface area contributed by atoms with Crippen LogP contribution in [0.3, 0.4) is 0 Å². The molecule has 2 aliphatic rings.